The number of carbonyl (C=O) groups excluding carboxylic acids is 2. The smallest absolute Gasteiger partial charge is 0.253 e. The second kappa shape index (κ2) is 9.68. The first-order valence-corrected chi connectivity index (χ1v) is 13.1. The first kappa shape index (κ1) is 22.9. The van der Waals surface area contributed by atoms with Crippen molar-refractivity contribution in [2.24, 2.45) is 5.92 Å². The van der Waals surface area contributed by atoms with E-state index in [1.54, 1.807) is 27.3 Å². The zero-order chi connectivity index (χ0) is 22.7. The minimum Gasteiger partial charge on any atom is -0.342 e. The summed E-state index contributed by atoms with van der Waals surface area (Å²) in [6.45, 7) is 1.89. The van der Waals surface area contributed by atoms with Crippen molar-refractivity contribution in [3.63, 3.8) is 0 Å². The molecule has 2 aromatic rings. The normalized spacial score (nSPS) is 20.3. The van der Waals surface area contributed by atoms with Crippen LogP contribution in [0.2, 0.25) is 0 Å². The van der Waals surface area contributed by atoms with Gasteiger partial charge in [-0.05, 0) is 61.4 Å². The number of amides is 2. The molecule has 2 aliphatic heterocycles. The van der Waals surface area contributed by atoms with Gasteiger partial charge in [0, 0.05) is 37.8 Å². The van der Waals surface area contributed by atoms with Gasteiger partial charge in [0.15, 0.2) is 0 Å². The maximum Gasteiger partial charge on any atom is 0.253 e. The van der Waals surface area contributed by atoms with E-state index in [1.807, 2.05) is 0 Å². The van der Waals surface area contributed by atoms with Gasteiger partial charge in [0.1, 0.15) is 10.0 Å². The summed E-state index contributed by atoms with van der Waals surface area (Å²) in [5.74, 6) is -0.841. The monoisotopic (exact) mass is 479 g/mol. The van der Waals surface area contributed by atoms with Gasteiger partial charge in [-0.1, -0.05) is 6.07 Å². The SMILES string of the molecule is O=C(c1ccc(F)cc1)N1CCC[C@@H](C(=O)N2CCC(NS(=O)(=O)c3cccs3)CC2)C1. The number of thiophene rings is 1. The van der Waals surface area contributed by atoms with Crippen LogP contribution in [-0.2, 0) is 14.8 Å². The van der Waals surface area contributed by atoms with Crippen LogP contribution in [0.4, 0.5) is 4.39 Å². The summed E-state index contributed by atoms with van der Waals surface area (Å²) in [5.41, 5.74) is 0.415. The van der Waals surface area contributed by atoms with Crippen molar-refractivity contribution >= 4 is 33.2 Å². The standard InChI is InChI=1S/C22H26FN3O4S2/c23-18-7-5-16(6-8-18)21(27)26-11-1-3-17(15-26)22(28)25-12-9-19(10-13-25)24-32(29,30)20-4-2-14-31-20/h2,4-8,14,17,19,24H,1,3,9-13,15H2/t17-/m1/s1. The Labute approximate surface area is 191 Å². The van der Waals surface area contributed by atoms with Gasteiger partial charge in [0.05, 0.1) is 5.92 Å². The minimum atomic E-state index is -3.52. The van der Waals surface area contributed by atoms with Crippen LogP contribution >= 0.6 is 11.3 Å². The zero-order valence-electron chi connectivity index (χ0n) is 17.6. The fourth-order valence-electron chi connectivity index (χ4n) is 4.31. The van der Waals surface area contributed by atoms with Gasteiger partial charge in [0.2, 0.25) is 15.9 Å². The summed E-state index contributed by atoms with van der Waals surface area (Å²) in [7, 11) is -3.52. The maximum atomic E-state index is 13.1. The maximum absolute atomic E-state index is 13.1. The van der Waals surface area contributed by atoms with E-state index in [4.69, 9.17) is 0 Å². The quantitative estimate of drug-likeness (QED) is 0.715. The molecule has 0 unspecified atom stereocenters. The lowest BCUT2D eigenvalue weighted by Crippen LogP contribution is -2.51. The molecular formula is C22H26FN3O4S2. The number of likely N-dealkylation sites (tertiary alicyclic amines) is 2. The first-order valence-electron chi connectivity index (χ1n) is 10.7. The van der Waals surface area contributed by atoms with Crippen molar-refractivity contribution < 1.29 is 22.4 Å². The fraction of sp³-hybridized carbons (Fsp3) is 0.455. The number of piperidine rings is 2. The van der Waals surface area contributed by atoms with Crippen LogP contribution < -0.4 is 4.72 Å². The number of rotatable bonds is 5. The van der Waals surface area contributed by atoms with Gasteiger partial charge >= 0.3 is 0 Å². The van der Waals surface area contributed by atoms with Crippen LogP contribution in [0.3, 0.4) is 0 Å². The topological polar surface area (TPSA) is 86.8 Å². The average molecular weight is 480 g/mol. The second-order valence-electron chi connectivity index (χ2n) is 8.25. The van der Waals surface area contributed by atoms with Crippen LogP contribution in [0.15, 0.2) is 46.0 Å². The summed E-state index contributed by atoms with van der Waals surface area (Å²) in [6.07, 6.45) is 2.57. The molecule has 0 radical (unpaired) electrons. The molecule has 1 N–H and O–H groups in total. The van der Waals surface area contributed by atoms with E-state index in [9.17, 15) is 22.4 Å². The Balaban J connectivity index is 1.31. The van der Waals surface area contributed by atoms with Crippen LogP contribution in [-0.4, -0.2) is 62.3 Å². The van der Waals surface area contributed by atoms with Crippen LogP contribution in [0, 0.1) is 11.7 Å². The molecular weight excluding hydrogens is 453 g/mol. The van der Waals surface area contributed by atoms with Crippen molar-refractivity contribution in [3.05, 3.63) is 53.2 Å². The van der Waals surface area contributed by atoms with Crippen molar-refractivity contribution in [3.8, 4) is 0 Å². The summed E-state index contributed by atoms with van der Waals surface area (Å²) >= 11 is 1.18. The highest BCUT2D eigenvalue weighted by Crippen LogP contribution is 2.24. The van der Waals surface area contributed by atoms with Gasteiger partial charge in [0.25, 0.3) is 5.91 Å². The number of hydrogen-bond donors (Lipinski definition) is 1. The second-order valence-corrected chi connectivity index (χ2v) is 11.1. The average Bonchev–Trinajstić information content (AvgIpc) is 3.35. The molecule has 2 fully saturated rings. The summed E-state index contributed by atoms with van der Waals surface area (Å²) in [5, 5.41) is 1.73. The third-order valence-electron chi connectivity index (χ3n) is 6.04. The number of halogens is 1. The van der Waals surface area contributed by atoms with Crippen molar-refractivity contribution in [1.29, 1.82) is 0 Å². The summed E-state index contributed by atoms with van der Waals surface area (Å²) in [6, 6.07) is 8.53. The van der Waals surface area contributed by atoms with Gasteiger partial charge in [-0.15, -0.1) is 11.3 Å². The first-order chi connectivity index (χ1) is 15.3. The number of nitrogens with one attached hydrogen (secondary N) is 1. The molecule has 1 aromatic carbocycles. The van der Waals surface area contributed by atoms with E-state index >= 15 is 0 Å². The van der Waals surface area contributed by atoms with Crippen molar-refractivity contribution in [2.45, 2.75) is 35.9 Å². The van der Waals surface area contributed by atoms with E-state index in [1.165, 1.54) is 35.6 Å². The minimum absolute atomic E-state index is 0.0150. The van der Waals surface area contributed by atoms with E-state index in [0.29, 0.717) is 48.8 Å². The number of carbonyl (C=O) groups is 2. The van der Waals surface area contributed by atoms with Gasteiger partial charge in [-0.25, -0.2) is 17.5 Å². The molecule has 0 spiro atoms. The van der Waals surface area contributed by atoms with E-state index < -0.39 is 15.8 Å². The molecule has 0 bridgehead atoms. The van der Waals surface area contributed by atoms with Gasteiger partial charge < -0.3 is 9.80 Å². The molecule has 10 heteroatoms. The molecule has 3 heterocycles. The summed E-state index contributed by atoms with van der Waals surface area (Å²) in [4.78, 5) is 29.3. The predicted octanol–water partition coefficient (Wildman–Crippen LogP) is 2.71. The van der Waals surface area contributed by atoms with Crippen molar-refractivity contribution in [2.75, 3.05) is 26.2 Å². The van der Waals surface area contributed by atoms with Crippen LogP contribution in [0.1, 0.15) is 36.0 Å². The Bertz CT molecular complexity index is 1050. The number of nitrogens with zero attached hydrogens (tertiary/aromatic N) is 2. The lowest BCUT2D eigenvalue weighted by Gasteiger charge is -2.38. The Morgan fingerprint density at radius 1 is 1.00 bits per heavy atom. The molecule has 1 atom stereocenters. The molecule has 2 amide bonds. The van der Waals surface area contributed by atoms with Crippen LogP contribution in [0.25, 0.3) is 0 Å². The molecule has 2 saturated heterocycles. The molecule has 0 saturated carbocycles. The highest BCUT2D eigenvalue weighted by molar-refractivity contribution is 7.91. The van der Waals surface area contributed by atoms with E-state index in [2.05, 4.69) is 4.72 Å². The van der Waals surface area contributed by atoms with E-state index in [0.717, 1.165) is 12.8 Å². The highest BCUT2D eigenvalue weighted by Gasteiger charge is 2.34. The molecule has 0 aliphatic carbocycles. The Hall–Kier alpha value is -2.30. The molecule has 2 aliphatic rings. The number of benzene rings is 1. The Morgan fingerprint density at radius 3 is 2.38 bits per heavy atom. The van der Waals surface area contributed by atoms with E-state index in [-0.39, 0.29) is 23.8 Å². The number of hydrogen-bond acceptors (Lipinski definition) is 5. The molecule has 32 heavy (non-hydrogen) atoms. The predicted molar refractivity (Wildman–Crippen MR) is 119 cm³/mol. The van der Waals surface area contributed by atoms with Gasteiger partial charge in [-0.3, -0.25) is 9.59 Å². The third-order valence-corrected chi connectivity index (χ3v) is 8.96. The Morgan fingerprint density at radius 2 is 1.72 bits per heavy atom. The van der Waals surface area contributed by atoms with Crippen molar-refractivity contribution in [1.82, 2.24) is 14.5 Å². The fourth-order valence-corrected chi connectivity index (χ4v) is 6.62. The largest absolute Gasteiger partial charge is 0.342 e. The highest BCUT2D eigenvalue weighted by atomic mass is 32.2. The zero-order valence-corrected chi connectivity index (χ0v) is 19.2. The molecule has 172 valence electrons. The lowest BCUT2D eigenvalue weighted by atomic mass is 9.94. The summed E-state index contributed by atoms with van der Waals surface area (Å²) < 4.78 is 41.0. The molecule has 4 rings (SSSR count). The molecule has 1 aromatic heterocycles. The molecule has 7 nitrogen and oxygen atoms in total. The van der Waals surface area contributed by atoms with Gasteiger partial charge in [-0.2, -0.15) is 0 Å². The lowest BCUT2D eigenvalue weighted by molar-refractivity contribution is -0.138. The third kappa shape index (κ3) is 5.19. The van der Waals surface area contributed by atoms with Crippen LogP contribution in [0.5, 0.6) is 0 Å². The Kier molecular flexibility index (Phi) is 6.92. The number of sulfonamides is 1.